The van der Waals surface area contributed by atoms with Crippen molar-refractivity contribution in [3.8, 4) is 5.75 Å². The quantitative estimate of drug-likeness (QED) is 0.668. The number of amides is 1. The van der Waals surface area contributed by atoms with Gasteiger partial charge < -0.3 is 15.0 Å². The van der Waals surface area contributed by atoms with Gasteiger partial charge in [-0.15, -0.1) is 11.3 Å². The normalized spacial score (nSPS) is 14.1. The molecule has 0 unspecified atom stereocenters. The Morgan fingerprint density at radius 2 is 2.18 bits per heavy atom. The molecule has 4 rings (SSSR count). The summed E-state index contributed by atoms with van der Waals surface area (Å²) in [6.07, 6.45) is 3.77. The van der Waals surface area contributed by atoms with E-state index in [4.69, 9.17) is 4.74 Å². The molecule has 2 heterocycles. The standard InChI is InChI=1S/C21H23N3O3S/c1-12(13-6-3-4-8-15(13)27-2)22-18(25)11-10-17-23-20(26)19-14-7-5-9-16(14)28-21(19)24-17/h3-4,6,8,12H,5,7,9-11H2,1-2H3,(H,22,25)(H,23,24,26)/t12-/m1/s1. The molecule has 0 aliphatic heterocycles. The van der Waals surface area contributed by atoms with Crippen molar-refractivity contribution in [1.82, 2.24) is 15.3 Å². The van der Waals surface area contributed by atoms with Gasteiger partial charge in [0, 0.05) is 23.3 Å². The van der Waals surface area contributed by atoms with Gasteiger partial charge in [-0.1, -0.05) is 18.2 Å². The van der Waals surface area contributed by atoms with Crippen LogP contribution in [0.25, 0.3) is 10.2 Å². The fourth-order valence-electron chi connectivity index (χ4n) is 3.81. The second-order valence-electron chi connectivity index (χ2n) is 7.08. The van der Waals surface area contributed by atoms with Crippen molar-refractivity contribution < 1.29 is 9.53 Å². The van der Waals surface area contributed by atoms with E-state index in [1.807, 2.05) is 31.2 Å². The number of aromatic amines is 1. The highest BCUT2D eigenvalue weighted by molar-refractivity contribution is 7.18. The van der Waals surface area contributed by atoms with Gasteiger partial charge in [-0.3, -0.25) is 9.59 Å². The van der Waals surface area contributed by atoms with E-state index < -0.39 is 0 Å². The third kappa shape index (κ3) is 3.54. The highest BCUT2D eigenvalue weighted by Gasteiger charge is 2.21. The number of H-pyrrole nitrogens is 1. The molecule has 0 radical (unpaired) electrons. The molecule has 1 amide bonds. The monoisotopic (exact) mass is 397 g/mol. The van der Waals surface area contributed by atoms with Gasteiger partial charge in [-0.25, -0.2) is 4.98 Å². The Kier molecular flexibility index (Phi) is 5.17. The third-order valence-electron chi connectivity index (χ3n) is 5.20. The molecule has 2 N–H and O–H groups in total. The number of carbonyl (C=O) groups is 1. The van der Waals surface area contributed by atoms with Crippen LogP contribution in [-0.4, -0.2) is 23.0 Å². The van der Waals surface area contributed by atoms with Gasteiger partial charge in [0.1, 0.15) is 16.4 Å². The van der Waals surface area contributed by atoms with Crippen molar-refractivity contribution >= 4 is 27.5 Å². The first-order valence-electron chi connectivity index (χ1n) is 9.52. The zero-order valence-electron chi connectivity index (χ0n) is 16.0. The van der Waals surface area contributed by atoms with E-state index in [9.17, 15) is 9.59 Å². The van der Waals surface area contributed by atoms with E-state index in [1.54, 1.807) is 18.4 Å². The van der Waals surface area contributed by atoms with Crippen LogP contribution in [0.15, 0.2) is 29.1 Å². The summed E-state index contributed by atoms with van der Waals surface area (Å²) in [5, 5.41) is 3.73. The summed E-state index contributed by atoms with van der Waals surface area (Å²) in [6.45, 7) is 1.93. The number of ether oxygens (including phenoxy) is 1. The summed E-state index contributed by atoms with van der Waals surface area (Å²) in [6, 6.07) is 7.46. The number of methoxy groups -OCH3 is 1. The number of benzene rings is 1. The summed E-state index contributed by atoms with van der Waals surface area (Å²) >= 11 is 1.62. The van der Waals surface area contributed by atoms with Gasteiger partial charge in [0.25, 0.3) is 5.56 Å². The van der Waals surface area contributed by atoms with Crippen molar-refractivity contribution in [2.24, 2.45) is 0 Å². The maximum Gasteiger partial charge on any atom is 0.259 e. The number of nitrogens with one attached hydrogen (secondary N) is 2. The first kappa shape index (κ1) is 18.7. The Morgan fingerprint density at radius 3 is 3.00 bits per heavy atom. The molecule has 1 aromatic carbocycles. The van der Waals surface area contributed by atoms with Crippen LogP contribution < -0.4 is 15.6 Å². The molecule has 0 saturated carbocycles. The fourth-order valence-corrected chi connectivity index (χ4v) is 5.09. The molecule has 0 saturated heterocycles. The lowest BCUT2D eigenvalue weighted by molar-refractivity contribution is -0.121. The number of aryl methyl sites for hydroxylation is 3. The smallest absolute Gasteiger partial charge is 0.259 e. The molecule has 3 aromatic rings. The molecule has 1 atom stereocenters. The van der Waals surface area contributed by atoms with Gasteiger partial charge in [0.2, 0.25) is 5.91 Å². The number of nitrogens with zero attached hydrogens (tertiary/aromatic N) is 1. The van der Waals surface area contributed by atoms with E-state index in [1.165, 1.54) is 10.4 Å². The molecule has 6 nitrogen and oxygen atoms in total. The van der Waals surface area contributed by atoms with Crippen LogP contribution in [0.4, 0.5) is 0 Å². The van der Waals surface area contributed by atoms with Gasteiger partial charge in [-0.2, -0.15) is 0 Å². The lowest BCUT2D eigenvalue weighted by atomic mass is 10.1. The van der Waals surface area contributed by atoms with Crippen molar-refractivity contribution in [2.45, 2.75) is 45.1 Å². The van der Waals surface area contributed by atoms with Crippen molar-refractivity contribution in [2.75, 3.05) is 7.11 Å². The Morgan fingerprint density at radius 1 is 1.36 bits per heavy atom. The Labute approximate surface area is 167 Å². The molecular weight excluding hydrogens is 374 g/mol. The number of thiophene rings is 1. The Balaban J connectivity index is 1.43. The maximum atomic E-state index is 12.5. The number of rotatable bonds is 6. The average molecular weight is 398 g/mol. The van der Waals surface area contributed by atoms with Crippen LogP contribution in [0.1, 0.15) is 47.6 Å². The number of hydrogen-bond acceptors (Lipinski definition) is 5. The summed E-state index contributed by atoms with van der Waals surface area (Å²) in [5.41, 5.74) is 2.02. The van der Waals surface area contributed by atoms with Crippen molar-refractivity contribution in [3.63, 3.8) is 0 Å². The van der Waals surface area contributed by atoms with Gasteiger partial charge in [-0.05, 0) is 37.8 Å². The zero-order valence-corrected chi connectivity index (χ0v) is 16.8. The third-order valence-corrected chi connectivity index (χ3v) is 6.38. The molecular formula is C21H23N3O3S. The van der Waals surface area contributed by atoms with E-state index >= 15 is 0 Å². The molecule has 0 spiro atoms. The van der Waals surface area contributed by atoms with Crippen LogP contribution in [-0.2, 0) is 24.1 Å². The maximum absolute atomic E-state index is 12.5. The molecule has 28 heavy (non-hydrogen) atoms. The molecule has 0 bridgehead atoms. The van der Waals surface area contributed by atoms with E-state index in [2.05, 4.69) is 15.3 Å². The second kappa shape index (κ2) is 7.75. The Bertz CT molecular complexity index is 1090. The first-order chi connectivity index (χ1) is 13.6. The zero-order chi connectivity index (χ0) is 19.7. The van der Waals surface area contributed by atoms with Crippen LogP contribution >= 0.6 is 11.3 Å². The predicted octanol–water partition coefficient (Wildman–Crippen LogP) is 3.29. The minimum atomic E-state index is -0.168. The summed E-state index contributed by atoms with van der Waals surface area (Å²) in [4.78, 5) is 34.4. The molecule has 1 aliphatic rings. The first-order valence-corrected chi connectivity index (χ1v) is 10.3. The highest BCUT2D eigenvalue weighted by Crippen LogP contribution is 2.34. The van der Waals surface area contributed by atoms with Gasteiger partial charge in [0.05, 0.1) is 18.5 Å². The SMILES string of the molecule is COc1ccccc1[C@@H](C)NC(=O)CCc1nc2sc3c(c2c(=O)[nH]1)CCC3. The highest BCUT2D eigenvalue weighted by atomic mass is 32.1. The van der Waals surface area contributed by atoms with Crippen LogP contribution in [0.2, 0.25) is 0 Å². The number of fused-ring (bicyclic) bond motifs is 3. The van der Waals surface area contributed by atoms with Crippen molar-refractivity contribution in [3.05, 3.63) is 56.4 Å². The summed E-state index contributed by atoms with van der Waals surface area (Å²) < 4.78 is 5.36. The molecule has 7 heteroatoms. The fraction of sp³-hybridized carbons (Fsp3) is 0.381. The van der Waals surface area contributed by atoms with Crippen LogP contribution in [0.5, 0.6) is 5.75 Å². The number of aromatic nitrogens is 2. The van der Waals surface area contributed by atoms with Crippen LogP contribution in [0, 0.1) is 0 Å². The van der Waals surface area contributed by atoms with Crippen molar-refractivity contribution in [1.29, 1.82) is 0 Å². The topological polar surface area (TPSA) is 84.1 Å². The van der Waals surface area contributed by atoms with Gasteiger partial charge in [0.15, 0.2) is 0 Å². The number of para-hydroxylation sites is 1. The largest absolute Gasteiger partial charge is 0.496 e. The second-order valence-corrected chi connectivity index (χ2v) is 8.16. The molecule has 2 aromatic heterocycles. The predicted molar refractivity (Wildman–Crippen MR) is 110 cm³/mol. The molecule has 146 valence electrons. The number of carbonyl (C=O) groups excluding carboxylic acids is 1. The van der Waals surface area contributed by atoms with E-state index in [0.717, 1.165) is 40.8 Å². The number of hydrogen-bond donors (Lipinski definition) is 2. The van der Waals surface area contributed by atoms with E-state index in [-0.39, 0.29) is 23.9 Å². The van der Waals surface area contributed by atoms with Gasteiger partial charge >= 0.3 is 0 Å². The summed E-state index contributed by atoms with van der Waals surface area (Å²) in [7, 11) is 1.62. The van der Waals surface area contributed by atoms with Crippen LogP contribution in [0.3, 0.4) is 0 Å². The minimum absolute atomic E-state index is 0.0813. The molecule has 0 fully saturated rings. The molecule has 1 aliphatic carbocycles. The van der Waals surface area contributed by atoms with E-state index in [0.29, 0.717) is 12.2 Å². The lowest BCUT2D eigenvalue weighted by Crippen LogP contribution is -2.27. The Hall–Kier alpha value is -2.67. The average Bonchev–Trinajstić information content (AvgIpc) is 3.27. The minimum Gasteiger partial charge on any atom is -0.496 e. The lowest BCUT2D eigenvalue weighted by Gasteiger charge is -2.17. The summed E-state index contributed by atoms with van der Waals surface area (Å²) in [5.74, 6) is 1.23.